The topological polar surface area (TPSA) is 39.2 Å². The Balaban J connectivity index is 2.08. The minimum Gasteiger partial charge on any atom is -0.459 e. The molecule has 4 heteroatoms. The number of rotatable bonds is 2. The van der Waals surface area contributed by atoms with Crippen LogP contribution >= 0.6 is 11.6 Å². The SMILES string of the molecule is Cc1ccc2oc(C(N)c3cccc(F)c3Cl)cc2c1. The summed E-state index contributed by atoms with van der Waals surface area (Å²) in [5, 5.41) is 1.01. The Hall–Kier alpha value is -1.84. The Morgan fingerprint density at radius 3 is 2.80 bits per heavy atom. The molecule has 2 aromatic carbocycles. The Bertz CT molecular complexity index is 781. The van der Waals surface area contributed by atoms with E-state index in [0.717, 1.165) is 16.5 Å². The lowest BCUT2D eigenvalue weighted by molar-refractivity contribution is 0.523. The summed E-state index contributed by atoms with van der Waals surface area (Å²) in [4.78, 5) is 0. The molecule has 3 rings (SSSR count). The molecule has 102 valence electrons. The third kappa shape index (κ3) is 2.19. The van der Waals surface area contributed by atoms with Gasteiger partial charge in [-0.15, -0.1) is 0 Å². The molecule has 0 saturated carbocycles. The highest BCUT2D eigenvalue weighted by molar-refractivity contribution is 6.31. The highest BCUT2D eigenvalue weighted by Gasteiger charge is 2.18. The van der Waals surface area contributed by atoms with Crippen LogP contribution in [-0.4, -0.2) is 0 Å². The van der Waals surface area contributed by atoms with Gasteiger partial charge in [-0.2, -0.15) is 0 Å². The molecule has 0 saturated heterocycles. The minimum atomic E-state index is -0.592. The number of fused-ring (bicyclic) bond motifs is 1. The lowest BCUT2D eigenvalue weighted by Gasteiger charge is -2.11. The molecule has 0 radical (unpaired) electrons. The van der Waals surface area contributed by atoms with E-state index in [1.807, 2.05) is 31.2 Å². The largest absolute Gasteiger partial charge is 0.459 e. The lowest BCUT2D eigenvalue weighted by atomic mass is 10.0. The molecule has 1 unspecified atom stereocenters. The van der Waals surface area contributed by atoms with Gasteiger partial charge in [-0.1, -0.05) is 35.4 Å². The molecule has 20 heavy (non-hydrogen) atoms. The van der Waals surface area contributed by atoms with Crippen LogP contribution in [0, 0.1) is 12.7 Å². The van der Waals surface area contributed by atoms with Crippen LogP contribution < -0.4 is 5.73 Å². The Morgan fingerprint density at radius 2 is 2.00 bits per heavy atom. The summed E-state index contributed by atoms with van der Waals surface area (Å²) in [6.45, 7) is 2.01. The van der Waals surface area contributed by atoms with Gasteiger partial charge >= 0.3 is 0 Å². The van der Waals surface area contributed by atoms with Crippen molar-refractivity contribution < 1.29 is 8.81 Å². The van der Waals surface area contributed by atoms with Crippen LogP contribution in [0.25, 0.3) is 11.0 Å². The molecule has 3 aromatic rings. The number of nitrogens with two attached hydrogens (primary N) is 1. The van der Waals surface area contributed by atoms with Gasteiger partial charge in [0.1, 0.15) is 17.2 Å². The number of halogens is 2. The van der Waals surface area contributed by atoms with Crippen molar-refractivity contribution in [1.29, 1.82) is 0 Å². The molecule has 1 heterocycles. The van der Waals surface area contributed by atoms with E-state index in [4.69, 9.17) is 21.8 Å². The van der Waals surface area contributed by atoms with Crippen molar-refractivity contribution in [3.05, 3.63) is 70.2 Å². The van der Waals surface area contributed by atoms with Crippen molar-refractivity contribution in [2.45, 2.75) is 13.0 Å². The quantitative estimate of drug-likeness (QED) is 0.750. The molecular formula is C16H13ClFNO. The molecule has 1 aromatic heterocycles. The van der Waals surface area contributed by atoms with E-state index in [1.165, 1.54) is 6.07 Å². The monoisotopic (exact) mass is 289 g/mol. The number of benzene rings is 2. The van der Waals surface area contributed by atoms with Gasteiger partial charge in [0.2, 0.25) is 0 Å². The van der Waals surface area contributed by atoms with Crippen molar-refractivity contribution in [3.8, 4) is 0 Å². The normalized spacial score (nSPS) is 12.8. The second-order valence-corrected chi connectivity index (χ2v) is 5.19. The zero-order valence-corrected chi connectivity index (χ0v) is 11.6. The van der Waals surface area contributed by atoms with Crippen molar-refractivity contribution in [2.24, 2.45) is 5.73 Å². The van der Waals surface area contributed by atoms with E-state index < -0.39 is 11.9 Å². The third-order valence-electron chi connectivity index (χ3n) is 3.31. The lowest BCUT2D eigenvalue weighted by Crippen LogP contribution is -2.11. The van der Waals surface area contributed by atoms with Crippen LogP contribution in [0.15, 0.2) is 46.9 Å². The van der Waals surface area contributed by atoms with Crippen molar-refractivity contribution >= 4 is 22.6 Å². The summed E-state index contributed by atoms with van der Waals surface area (Å²) in [5.41, 5.74) is 8.56. The first-order valence-corrected chi connectivity index (χ1v) is 6.63. The Labute approximate surface area is 121 Å². The van der Waals surface area contributed by atoms with Gasteiger partial charge in [-0.05, 0) is 36.8 Å². The summed E-state index contributed by atoms with van der Waals surface area (Å²) in [6, 6.07) is 11.8. The second-order valence-electron chi connectivity index (χ2n) is 4.81. The van der Waals surface area contributed by atoms with Gasteiger partial charge in [-0.3, -0.25) is 0 Å². The number of furan rings is 1. The molecule has 0 aliphatic rings. The van der Waals surface area contributed by atoms with Crippen LogP contribution in [0.3, 0.4) is 0 Å². The first kappa shape index (κ1) is 13.2. The van der Waals surface area contributed by atoms with Gasteiger partial charge < -0.3 is 10.2 Å². The van der Waals surface area contributed by atoms with E-state index in [9.17, 15) is 4.39 Å². The van der Waals surface area contributed by atoms with E-state index in [0.29, 0.717) is 11.3 Å². The smallest absolute Gasteiger partial charge is 0.142 e. The molecular weight excluding hydrogens is 277 g/mol. The van der Waals surface area contributed by atoms with Gasteiger partial charge in [0.15, 0.2) is 0 Å². The third-order valence-corrected chi connectivity index (χ3v) is 3.71. The molecule has 0 aliphatic carbocycles. The number of hydrogen-bond acceptors (Lipinski definition) is 2. The molecule has 1 atom stereocenters. The highest BCUT2D eigenvalue weighted by atomic mass is 35.5. The van der Waals surface area contributed by atoms with E-state index in [-0.39, 0.29) is 5.02 Å². The Morgan fingerprint density at radius 1 is 1.20 bits per heavy atom. The molecule has 0 aliphatic heterocycles. The van der Waals surface area contributed by atoms with E-state index in [1.54, 1.807) is 12.1 Å². The zero-order chi connectivity index (χ0) is 14.3. The molecule has 2 nitrogen and oxygen atoms in total. The van der Waals surface area contributed by atoms with E-state index >= 15 is 0 Å². The van der Waals surface area contributed by atoms with Crippen LogP contribution in [-0.2, 0) is 0 Å². The summed E-state index contributed by atoms with van der Waals surface area (Å²) in [5.74, 6) is 0.0877. The maximum absolute atomic E-state index is 13.5. The molecule has 2 N–H and O–H groups in total. The summed E-state index contributed by atoms with van der Waals surface area (Å²) >= 11 is 5.97. The summed E-state index contributed by atoms with van der Waals surface area (Å²) in [7, 11) is 0. The first-order valence-electron chi connectivity index (χ1n) is 6.26. The molecule has 0 amide bonds. The zero-order valence-electron chi connectivity index (χ0n) is 10.9. The maximum Gasteiger partial charge on any atom is 0.142 e. The van der Waals surface area contributed by atoms with Crippen LogP contribution in [0.1, 0.15) is 22.9 Å². The second kappa shape index (κ2) is 4.93. The summed E-state index contributed by atoms with van der Waals surface area (Å²) in [6.07, 6.45) is 0. The van der Waals surface area contributed by atoms with Gasteiger partial charge in [0.05, 0.1) is 11.1 Å². The maximum atomic E-state index is 13.5. The first-order chi connectivity index (χ1) is 9.56. The van der Waals surface area contributed by atoms with Crippen LogP contribution in [0.2, 0.25) is 5.02 Å². The average molecular weight is 290 g/mol. The highest BCUT2D eigenvalue weighted by Crippen LogP contribution is 2.31. The average Bonchev–Trinajstić information content (AvgIpc) is 2.84. The van der Waals surface area contributed by atoms with Crippen LogP contribution in [0.4, 0.5) is 4.39 Å². The van der Waals surface area contributed by atoms with Crippen molar-refractivity contribution in [2.75, 3.05) is 0 Å². The van der Waals surface area contributed by atoms with Gasteiger partial charge in [0, 0.05) is 5.39 Å². The molecule has 0 bridgehead atoms. The summed E-state index contributed by atoms with van der Waals surface area (Å²) < 4.78 is 19.2. The number of aryl methyl sites for hydroxylation is 1. The fourth-order valence-corrected chi connectivity index (χ4v) is 2.49. The predicted molar refractivity (Wildman–Crippen MR) is 78.4 cm³/mol. The van der Waals surface area contributed by atoms with Gasteiger partial charge in [-0.25, -0.2) is 4.39 Å². The van der Waals surface area contributed by atoms with Crippen molar-refractivity contribution in [3.63, 3.8) is 0 Å². The predicted octanol–water partition coefficient (Wildman–Crippen LogP) is 4.58. The fourth-order valence-electron chi connectivity index (χ4n) is 2.25. The minimum absolute atomic E-state index is 0.0386. The molecule has 0 spiro atoms. The standard InChI is InChI=1S/C16H13ClFNO/c1-9-5-6-13-10(7-9)8-14(20-13)16(19)11-3-2-4-12(18)15(11)17/h2-8,16H,19H2,1H3. The van der Waals surface area contributed by atoms with E-state index in [2.05, 4.69) is 0 Å². The van der Waals surface area contributed by atoms with Gasteiger partial charge in [0.25, 0.3) is 0 Å². The van der Waals surface area contributed by atoms with Crippen LogP contribution in [0.5, 0.6) is 0 Å². The molecule has 0 fully saturated rings. The number of hydrogen-bond donors (Lipinski definition) is 1. The van der Waals surface area contributed by atoms with Crippen molar-refractivity contribution in [1.82, 2.24) is 0 Å². The fraction of sp³-hybridized carbons (Fsp3) is 0.125. The Kier molecular flexibility index (Phi) is 3.24.